The van der Waals surface area contributed by atoms with Gasteiger partial charge >= 0.3 is 0 Å². The van der Waals surface area contributed by atoms with Gasteiger partial charge in [-0.2, -0.15) is 0 Å². The van der Waals surface area contributed by atoms with Crippen molar-refractivity contribution in [3.05, 3.63) is 41.1 Å². The van der Waals surface area contributed by atoms with Crippen LogP contribution in [-0.2, 0) is 0 Å². The lowest BCUT2D eigenvalue weighted by Crippen LogP contribution is -1.96. The van der Waals surface area contributed by atoms with Crippen LogP contribution in [0.3, 0.4) is 0 Å². The average molecular weight is 342 g/mol. The Morgan fingerprint density at radius 2 is 2.00 bits per heavy atom. The van der Waals surface area contributed by atoms with Gasteiger partial charge in [0.05, 0.1) is 18.6 Å². The van der Waals surface area contributed by atoms with E-state index in [0.717, 1.165) is 3.79 Å². The normalized spacial score (nSPS) is 10.6. The highest BCUT2D eigenvalue weighted by Crippen LogP contribution is 2.34. The molecular formula is C9H3BrCl2OS2. The summed E-state index contributed by atoms with van der Waals surface area (Å²) in [6.45, 7) is 0. The standard InChI is InChI=1S/C9H3BrCl2OS2/c10-6-2-1-5(14-6)8(13)4-3-7(11)15-9(4)12/h1-3H. The minimum Gasteiger partial charge on any atom is -0.288 e. The van der Waals surface area contributed by atoms with Crippen LogP contribution in [0.15, 0.2) is 22.0 Å². The molecule has 1 nitrogen and oxygen atoms in total. The third-order valence-corrected chi connectivity index (χ3v) is 4.81. The van der Waals surface area contributed by atoms with Gasteiger partial charge in [0.1, 0.15) is 4.34 Å². The lowest BCUT2D eigenvalue weighted by molar-refractivity contribution is 0.104. The van der Waals surface area contributed by atoms with Crippen molar-refractivity contribution in [1.82, 2.24) is 0 Å². The van der Waals surface area contributed by atoms with E-state index in [1.54, 1.807) is 12.1 Å². The van der Waals surface area contributed by atoms with E-state index in [0.29, 0.717) is 19.1 Å². The molecule has 0 aliphatic carbocycles. The highest BCUT2D eigenvalue weighted by Gasteiger charge is 2.17. The van der Waals surface area contributed by atoms with Crippen molar-refractivity contribution in [2.45, 2.75) is 0 Å². The molecule has 0 unspecified atom stereocenters. The van der Waals surface area contributed by atoms with Crippen LogP contribution >= 0.6 is 61.8 Å². The predicted octanol–water partition coefficient (Wildman–Crippen LogP) is 5.11. The van der Waals surface area contributed by atoms with Gasteiger partial charge in [-0.1, -0.05) is 23.2 Å². The molecule has 15 heavy (non-hydrogen) atoms. The first kappa shape index (κ1) is 11.6. The summed E-state index contributed by atoms with van der Waals surface area (Å²) >= 11 is 17.6. The van der Waals surface area contributed by atoms with Crippen LogP contribution in [0.25, 0.3) is 0 Å². The van der Waals surface area contributed by atoms with Crippen LogP contribution in [0.2, 0.25) is 8.67 Å². The molecule has 6 heteroatoms. The second-order valence-corrected chi connectivity index (χ2v) is 7.42. The summed E-state index contributed by atoms with van der Waals surface area (Å²) in [7, 11) is 0. The molecule has 2 aromatic heterocycles. The number of carbonyl (C=O) groups is 1. The van der Waals surface area contributed by atoms with Crippen molar-refractivity contribution >= 4 is 67.6 Å². The van der Waals surface area contributed by atoms with Crippen LogP contribution < -0.4 is 0 Å². The van der Waals surface area contributed by atoms with Crippen molar-refractivity contribution in [2.24, 2.45) is 0 Å². The van der Waals surface area contributed by atoms with Gasteiger partial charge in [-0.15, -0.1) is 22.7 Å². The molecule has 0 atom stereocenters. The fourth-order valence-corrected chi connectivity index (χ4v) is 3.86. The number of ketones is 1. The maximum absolute atomic E-state index is 11.9. The maximum Gasteiger partial charge on any atom is 0.205 e. The van der Waals surface area contributed by atoms with E-state index in [9.17, 15) is 4.79 Å². The smallest absolute Gasteiger partial charge is 0.205 e. The zero-order chi connectivity index (χ0) is 11.0. The Kier molecular flexibility index (Phi) is 3.52. The first-order valence-electron chi connectivity index (χ1n) is 3.83. The highest BCUT2D eigenvalue weighted by molar-refractivity contribution is 9.11. The van der Waals surface area contributed by atoms with Gasteiger partial charge in [0.2, 0.25) is 5.78 Å². The summed E-state index contributed by atoms with van der Waals surface area (Å²) in [6.07, 6.45) is 0. The molecule has 0 aliphatic heterocycles. The monoisotopic (exact) mass is 340 g/mol. The van der Waals surface area contributed by atoms with Crippen molar-refractivity contribution in [3.8, 4) is 0 Å². The summed E-state index contributed by atoms with van der Waals surface area (Å²) in [5.74, 6) is -0.0844. The van der Waals surface area contributed by atoms with Crippen LogP contribution in [-0.4, -0.2) is 5.78 Å². The Labute approximate surface area is 113 Å². The number of thiophene rings is 2. The Morgan fingerprint density at radius 3 is 2.47 bits per heavy atom. The largest absolute Gasteiger partial charge is 0.288 e. The van der Waals surface area contributed by atoms with Gasteiger partial charge in [0.25, 0.3) is 0 Å². The topological polar surface area (TPSA) is 17.1 Å². The quantitative estimate of drug-likeness (QED) is 0.693. The van der Waals surface area contributed by atoms with E-state index in [-0.39, 0.29) is 5.78 Å². The number of hydrogen-bond acceptors (Lipinski definition) is 3. The van der Waals surface area contributed by atoms with Crippen LogP contribution in [0.1, 0.15) is 15.2 Å². The minimum absolute atomic E-state index is 0.0844. The van der Waals surface area contributed by atoms with Gasteiger partial charge in [-0.25, -0.2) is 0 Å². The Hall–Kier alpha value is 0.130. The summed E-state index contributed by atoms with van der Waals surface area (Å²) in [6, 6.07) is 5.20. The fourth-order valence-electron chi connectivity index (χ4n) is 1.06. The third-order valence-electron chi connectivity index (χ3n) is 1.70. The Morgan fingerprint density at radius 1 is 1.27 bits per heavy atom. The zero-order valence-corrected chi connectivity index (χ0v) is 11.8. The lowest BCUT2D eigenvalue weighted by atomic mass is 10.2. The third kappa shape index (κ3) is 2.45. The van der Waals surface area contributed by atoms with Crippen molar-refractivity contribution in [2.75, 3.05) is 0 Å². The van der Waals surface area contributed by atoms with Crippen molar-refractivity contribution in [1.29, 1.82) is 0 Å². The molecule has 2 rings (SSSR count). The second-order valence-electron chi connectivity index (χ2n) is 2.67. The maximum atomic E-state index is 11.9. The second kappa shape index (κ2) is 4.55. The first-order chi connectivity index (χ1) is 7.08. The summed E-state index contributed by atoms with van der Waals surface area (Å²) < 4.78 is 1.89. The van der Waals surface area contributed by atoms with Gasteiger partial charge in [-0.05, 0) is 34.1 Å². The SMILES string of the molecule is O=C(c1ccc(Br)s1)c1cc(Cl)sc1Cl. The summed E-state index contributed by atoms with van der Waals surface area (Å²) in [4.78, 5) is 12.6. The van der Waals surface area contributed by atoms with Gasteiger partial charge < -0.3 is 0 Å². The van der Waals surface area contributed by atoms with Crippen molar-refractivity contribution in [3.63, 3.8) is 0 Å². The minimum atomic E-state index is -0.0844. The lowest BCUT2D eigenvalue weighted by Gasteiger charge is -1.93. The molecule has 0 aromatic carbocycles. The molecular weight excluding hydrogens is 339 g/mol. The molecule has 0 N–H and O–H groups in total. The molecule has 0 amide bonds. The molecule has 0 saturated carbocycles. The fraction of sp³-hybridized carbons (Fsp3) is 0. The molecule has 0 saturated heterocycles. The van der Waals surface area contributed by atoms with Crippen molar-refractivity contribution < 1.29 is 4.79 Å². The van der Waals surface area contributed by atoms with E-state index in [1.807, 2.05) is 6.07 Å². The highest BCUT2D eigenvalue weighted by atomic mass is 79.9. The predicted molar refractivity (Wildman–Crippen MR) is 69.8 cm³/mol. The van der Waals surface area contributed by atoms with Crippen LogP contribution in [0.4, 0.5) is 0 Å². The number of hydrogen-bond donors (Lipinski definition) is 0. The van der Waals surface area contributed by atoms with E-state index >= 15 is 0 Å². The molecule has 78 valence electrons. The zero-order valence-electron chi connectivity index (χ0n) is 7.09. The van der Waals surface area contributed by atoms with Crippen LogP contribution in [0, 0.1) is 0 Å². The van der Waals surface area contributed by atoms with Gasteiger partial charge in [0.15, 0.2) is 0 Å². The van der Waals surface area contributed by atoms with E-state index in [4.69, 9.17) is 23.2 Å². The molecule has 2 heterocycles. The molecule has 0 bridgehead atoms. The molecule has 0 radical (unpaired) electrons. The van der Waals surface area contributed by atoms with E-state index < -0.39 is 0 Å². The van der Waals surface area contributed by atoms with E-state index in [1.165, 1.54) is 22.7 Å². The van der Waals surface area contributed by atoms with Gasteiger partial charge in [-0.3, -0.25) is 4.79 Å². The Bertz CT molecular complexity index is 518. The molecule has 0 fully saturated rings. The number of carbonyl (C=O) groups excluding carboxylic acids is 1. The number of halogens is 3. The van der Waals surface area contributed by atoms with Gasteiger partial charge in [0, 0.05) is 0 Å². The van der Waals surface area contributed by atoms with E-state index in [2.05, 4.69) is 15.9 Å². The Balaban J connectivity index is 2.40. The molecule has 0 aliphatic rings. The molecule has 0 spiro atoms. The average Bonchev–Trinajstić information content (AvgIpc) is 2.71. The van der Waals surface area contributed by atoms with Crippen LogP contribution in [0.5, 0.6) is 0 Å². The first-order valence-corrected chi connectivity index (χ1v) is 7.01. The summed E-state index contributed by atoms with van der Waals surface area (Å²) in [5.41, 5.74) is 0.473. The molecule has 2 aromatic rings. The summed E-state index contributed by atoms with van der Waals surface area (Å²) in [5, 5.41) is 0. The number of rotatable bonds is 2.